The molecule has 0 bridgehead atoms. The minimum atomic E-state index is -0.925. The van der Waals surface area contributed by atoms with E-state index < -0.39 is 5.97 Å². The number of aromatic nitrogens is 4. The second-order valence-corrected chi connectivity index (χ2v) is 4.85. The minimum Gasteiger partial charge on any atom is -0.493 e. The van der Waals surface area contributed by atoms with Crippen LogP contribution in [0.3, 0.4) is 0 Å². The molecule has 0 spiro atoms. The van der Waals surface area contributed by atoms with Crippen LogP contribution in [0.4, 0.5) is 0 Å². The molecule has 2 aromatic heterocycles. The number of hydrogen-bond donors (Lipinski definition) is 3. The monoisotopic (exact) mass is 314 g/mol. The Hall–Kier alpha value is -3.16. The number of carbonyl (C=O) groups is 1. The van der Waals surface area contributed by atoms with Gasteiger partial charge in [0.1, 0.15) is 11.6 Å². The Balaban J connectivity index is 2.12. The van der Waals surface area contributed by atoms with Gasteiger partial charge in [0.25, 0.3) is 5.56 Å². The van der Waals surface area contributed by atoms with Crippen molar-refractivity contribution in [2.24, 2.45) is 0 Å². The number of fused-ring (bicyclic) bond motifs is 1. The van der Waals surface area contributed by atoms with Gasteiger partial charge in [0.15, 0.2) is 11.2 Å². The van der Waals surface area contributed by atoms with Gasteiger partial charge in [-0.3, -0.25) is 9.59 Å². The normalized spacial score (nSPS) is 10.8. The lowest BCUT2D eigenvalue weighted by molar-refractivity contribution is -0.136. The summed E-state index contributed by atoms with van der Waals surface area (Å²) in [6.45, 7) is 2.22. The van der Waals surface area contributed by atoms with Crippen molar-refractivity contribution in [2.75, 3.05) is 6.61 Å². The minimum absolute atomic E-state index is 0.107. The molecule has 0 fully saturated rings. The maximum atomic E-state index is 12.0. The zero-order valence-corrected chi connectivity index (χ0v) is 12.3. The van der Waals surface area contributed by atoms with Crippen molar-refractivity contribution in [1.29, 1.82) is 0 Å². The number of imidazole rings is 1. The lowest BCUT2D eigenvalue weighted by Crippen LogP contribution is -2.10. The third kappa shape index (κ3) is 2.91. The van der Waals surface area contributed by atoms with Crippen molar-refractivity contribution < 1.29 is 14.6 Å². The molecule has 0 atom stereocenters. The van der Waals surface area contributed by atoms with Crippen LogP contribution in [-0.2, 0) is 11.2 Å². The van der Waals surface area contributed by atoms with Crippen LogP contribution in [0, 0.1) is 0 Å². The van der Waals surface area contributed by atoms with Gasteiger partial charge >= 0.3 is 5.97 Å². The zero-order chi connectivity index (χ0) is 16.4. The molecule has 0 saturated heterocycles. The molecule has 0 radical (unpaired) electrons. The Morgan fingerprint density at radius 3 is 2.96 bits per heavy atom. The summed E-state index contributed by atoms with van der Waals surface area (Å²) in [5, 5.41) is 8.89. The number of aromatic amines is 2. The largest absolute Gasteiger partial charge is 0.493 e. The maximum Gasteiger partial charge on any atom is 0.307 e. The molecule has 2 heterocycles. The highest BCUT2D eigenvalue weighted by Gasteiger charge is 2.14. The molecule has 8 nitrogen and oxygen atoms in total. The molecule has 0 amide bonds. The lowest BCUT2D eigenvalue weighted by Gasteiger charge is -2.11. The van der Waals surface area contributed by atoms with E-state index in [1.165, 1.54) is 6.33 Å². The summed E-state index contributed by atoms with van der Waals surface area (Å²) in [5.74, 6) is -0.129. The average molecular weight is 314 g/mol. The summed E-state index contributed by atoms with van der Waals surface area (Å²) in [7, 11) is 0. The van der Waals surface area contributed by atoms with Gasteiger partial charge in [-0.05, 0) is 24.6 Å². The SMILES string of the molecule is CCOc1cc(CC(=O)O)ccc1-c1nc2[nH]cnc2c(=O)[nH]1. The number of rotatable bonds is 5. The molecule has 3 aromatic rings. The van der Waals surface area contributed by atoms with E-state index in [0.29, 0.717) is 35.0 Å². The van der Waals surface area contributed by atoms with Gasteiger partial charge in [-0.2, -0.15) is 0 Å². The van der Waals surface area contributed by atoms with Crippen LogP contribution in [0.1, 0.15) is 12.5 Å². The molecule has 0 aliphatic carbocycles. The molecule has 0 aliphatic rings. The predicted octanol–water partition coefficient (Wildman–Crippen LogP) is 1.34. The number of carboxylic acids is 1. The summed E-state index contributed by atoms with van der Waals surface area (Å²) in [5.41, 5.74) is 1.43. The van der Waals surface area contributed by atoms with E-state index in [0.717, 1.165) is 0 Å². The highest BCUT2D eigenvalue weighted by Crippen LogP contribution is 2.29. The highest BCUT2D eigenvalue weighted by molar-refractivity contribution is 5.75. The van der Waals surface area contributed by atoms with Crippen LogP contribution < -0.4 is 10.3 Å². The fourth-order valence-electron chi connectivity index (χ4n) is 2.29. The van der Waals surface area contributed by atoms with Crippen molar-refractivity contribution in [1.82, 2.24) is 19.9 Å². The predicted molar refractivity (Wildman–Crippen MR) is 82.5 cm³/mol. The smallest absolute Gasteiger partial charge is 0.307 e. The van der Waals surface area contributed by atoms with Crippen molar-refractivity contribution in [3.8, 4) is 17.1 Å². The van der Waals surface area contributed by atoms with Gasteiger partial charge in [0, 0.05) is 0 Å². The number of aliphatic carboxylic acids is 1. The lowest BCUT2D eigenvalue weighted by atomic mass is 10.1. The topological polar surface area (TPSA) is 121 Å². The molecule has 8 heteroatoms. The molecular weight excluding hydrogens is 300 g/mol. The van der Waals surface area contributed by atoms with Gasteiger partial charge in [-0.25, -0.2) is 9.97 Å². The second-order valence-electron chi connectivity index (χ2n) is 4.85. The van der Waals surface area contributed by atoms with E-state index in [4.69, 9.17) is 9.84 Å². The van der Waals surface area contributed by atoms with Crippen LogP contribution >= 0.6 is 0 Å². The van der Waals surface area contributed by atoms with Gasteiger partial charge in [-0.15, -0.1) is 0 Å². The zero-order valence-electron chi connectivity index (χ0n) is 12.3. The first-order valence-electron chi connectivity index (χ1n) is 6.99. The number of carboxylic acid groups (broad SMARTS) is 1. The maximum absolute atomic E-state index is 12.0. The Kier molecular flexibility index (Phi) is 3.80. The first kappa shape index (κ1) is 14.8. The Morgan fingerprint density at radius 2 is 2.22 bits per heavy atom. The van der Waals surface area contributed by atoms with E-state index in [1.807, 2.05) is 6.92 Å². The standard InChI is InChI=1S/C15H14N4O4/c1-2-23-10-5-8(6-11(20)21)3-4-9(10)13-18-14-12(15(22)19-13)16-7-17-14/h3-5,7H,2,6H2,1H3,(H,20,21)(H2,16,17,18,19,22). The molecule has 118 valence electrons. The number of nitrogens with one attached hydrogen (secondary N) is 2. The van der Waals surface area contributed by atoms with E-state index in [2.05, 4.69) is 19.9 Å². The molecule has 0 aliphatic heterocycles. The average Bonchev–Trinajstić information content (AvgIpc) is 2.96. The summed E-state index contributed by atoms with van der Waals surface area (Å²) < 4.78 is 5.57. The fourth-order valence-corrected chi connectivity index (χ4v) is 2.29. The first-order valence-corrected chi connectivity index (χ1v) is 6.99. The van der Waals surface area contributed by atoms with Crippen molar-refractivity contribution >= 4 is 17.1 Å². The molecule has 3 rings (SSSR count). The van der Waals surface area contributed by atoms with E-state index in [-0.39, 0.29) is 17.5 Å². The van der Waals surface area contributed by atoms with Crippen LogP contribution in [0.2, 0.25) is 0 Å². The molecule has 3 N–H and O–H groups in total. The van der Waals surface area contributed by atoms with Crippen LogP contribution in [-0.4, -0.2) is 37.6 Å². The van der Waals surface area contributed by atoms with Gasteiger partial charge in [0.2, 0.25) is 0 Å². The van der Waals surface area contributed by atoms with E-state index in [1.54, 1.807) is 18.2 Å². The summed E-state index contributed by atoms with van der Waals surface area (Å²) in [4.78, 5) is 36.6. The van der Waals surface area contributed by atoms with Gasteiger partial charge < -0.3 is 19.8 Å². The van der Waals surface area contributed by atoms with Crippen molar-refractivity contribution in [3.63, 3.8) is 0 Å². The van der Waals surface area contributed by atoms with Crippen LogP contribution in [0.5, 0.6) is 5.75 Å². The number of ether oxygens (including phenoxy) is 1. The molecule has 23 heavy (non-hydrogen) atoms. The Morgan fingerprint density at radius 1 is 1.39 bits per heavy atom. The third-order valence-electron chi connectivity index (χ3n) is 3.25. The first-order chi connectivity index (χ1) is 11.1. The summed E-state index contributed by atoms with van der Waals surface area (Å²) >= 11 is 0. The number of benzene rings is 1. The summed E-state index contributed by atoms with van der Waals surface area (Å²) in [6, 6.07) is 5.00. The van der Waals surface area contributed by atoms with Crippen LogP contribution in [0.15, 0.2) is 29.3 Å². The summed E-state index contributed by atoms with van der Waals surface area (Å²) in [6.07, 6.45) is 1.29. The molecule has 1 aromatic carbocycles. The van der Waals surface area contributed by atoms with Crippen molar-refractivity contribution in [2.45, 2.75) is 13.3 Å². The molecule has 0 saturated carbocycles. The van der Waals surface area contributed by atoms with Crippen LogP contribution in [0.25, 0.3) is 22.6 Å². The second kappa shape index (κ2) is 5.91. The van der Waals surface area contributed by atoms with Gasteiger partial charge in [0.05, 0.1) is 24.9 Å². The number of nitrogens with zero attached hydrogens (tertiary/aromatic N) is 2. The quantitative estimate of drug-likeness (QED) is 0.653. The van der Waals surface area contributed by atoms with Crippen molar-refractivity contribution in [3.05, 3.63) is 40.4 Å². The number of hydrogen-bond acceptors (Lipinski definition) is 5. The molecular formula is C15H14N4O4. The fraction of sp³-hybridized carbons (Fsp3) is 0.200. The third-order valence-corrected chi connectivity index (χ3v) is 3.25. The van der Waals surface area contributed by atoms with E-state index in [9.17, 15) is 9.59 Å². The van der Waals surface area contributed by atoms with Gasteiger partial charge in [-0.1, -0.05) is 6.07 Å². The number of H-pyrrole nitrogens is 2. The molecule has 0 unspecified atom stereocenters. The Bertz CT molecular complexity index is 929. The highest BCUT2D eigenvalue weighted by atomic mass is 16.5. The van der Waals surface area contributed by atoms with E-state index >= 15 is 0 Å². The Labute approximate surface area is 130 Å².